The summed E-state index contributed by atoms with van der Waals surface area (Å²) in [6, 6.07) is 14.0. The highest BCUT2D eigenvalue weighted by molar-refractivity contribution is 6.30. The Morgan fingerprint density at radius 1 is 1.14 bits per heavy atom. The highest BCUT2D eigenvalue weighted by atomic mass is 35.5. The van der Waals surface area contributed by atoms with Gasteiger partial charge >= 0.3 is 0 Å². The van der Waals surface area contributed by atoms with Crippen molar-refractivity contribution >= 4 is 29.1 Å². The molecule has 2 aromatic carbocycles. The van der Waals surface area contributed by atoms with Crippen LogP contribution >= 0.6 is 11.6 Å². The third-order valence-electron chi connectivity index (χ3n) is 7.14. The number of hydrogen-bond acceptors (Lipinski definition) is 5. The number of nitrogens with one attached hydrogen (secondary N) is 1. The summed E-state index contributed by atoms with van der Waals surface area (Å²) in [6.07, 6.45) is 2.19. The molecular formula is C27H35ClN4O3. The Hall–Kier alpha value is -2.61. The monoisotopic (exact) mass is 498 g/mol. The van der Waals surface area contributed by atoms with E-state index in [2.05, 4.69) is 22.3 Å². The summed E-state index contributed by atoms with van der Waals surface area (Å²) in [6.45, 7) is 4.80. The molecule has 1 aliphatic carbocycles. The molecule has 2 N–H and O–H groups in total. The number of fused-ring (bicyclic) bond motifs is 1. The first-order valence-corrected chi connectivity index (χ1v) is 12.7. The molecule has 2 aromatic rings. The van der Waals surface area contributed by atoms with Gasteiger partial charge in [0, 0.05) is 50.0 Å². The predicted molar refractivity (Wildman–Crippen MR) is 139 cm³/mol. The Labute approximate surface area is 212 Å². The molecular weight excluding hydrogens is 464 g/mol. The number of rotatable bonds is 9. The summed E-state index contributed by atoms with van der Waals surface area (Å²) in [5, 5.41) is 13.2. The first-order valence-electron chi connectivity index (χ1n) is 12.3. The summed E-state index contributed by atoms with van der Waals surface area (Å²) >= 11 is 6.27. The van der Waals surface area contributed by atoms with E-state index in [1.165, 1.54) is 11.1 Å². The zero-order chi connectivity index (χ0) is 24.9. The number of anilines is 1. The van der Waals surface area contributed by atoms with Crippen molar-refractivity contribution in [3.63, 3.8) is 0 Å². The molecule has 0 aromatic heterocycles. The minimum absolute atomic E-state index is 0.0268. The van der Waals surface area contributed by atoms with E-state index in [1.807, 2.05) is 54.1 Å². The minimum atomic E-state index is -0.275. The van der Waals surface area contributed by atoms with Crippen molar-refractivity contribution in [3.05, 3.63) is 64.2 Å². The number of aliphatic hydroxyl groups excluding tert-OH is 1. The number of β-amino-alcohol motifs (C(OH)–C–C–N with tert-alkyl or cyclic N) is 1. The van der Waals surface area contributed by atoms with Crippen LogP contribution in [0.3, 0.4) is 0 Å². The Bertz CT molecular complexity index is 1040. The maximum atomic E-state index is 13.4. The van der Waals surface area contributed by atoms with Gasteiger partial charge in [0.25, 0.3) is 0 Å². The number of aliphatic hydroxyl groups is 1. The Balaban J connectivity index is 1.39. The smallest absolute Gasteiger partial charge is 0.242 e. The summed E-state index contributed by atoms with van der Waals surface area (Å²) in [5.41, 5.74) is 4.33. The number of nitrogens with zero attached hydrogens (tertiary/aromatic N) is 3. The van der Waals surface area contributed by atoms with E-state index in [4.69, 9.17) is 11.6 Å². The molecule has 0 bridgehead atoms. The average molecular weight is 499 g/mol. The van der Waals surface area contributed by atoms with Crippen molar-refractivity contribution in [1.82, 2.24) is 15.1 Å². The van der Waals surface area contributed by atoms with Gasteiger partial charge in [0.05, 0.1) is 19.2 Å². The zero-order valence-corrected chi connectivity index (χ0v) is 21.3. The predicted octanol–water partition coefficient (Wildman–Crippen LogP) is 2.26. The quantitative estimate of drug-likeness (QED) is 0.554. The number of benzene rings is 2. The van der Waals surface area contributed by atoms with Gasteiger partial charge in [-0.15, -0.1) is 0 Å². The van der Waals surface area contributed by atoms with E-state index in [0.29, 0.717) is 24.7 Å². The van der Waals surface area contributed by atoms with Crippen molar-refractivity contribution in [2.24, 2.45) is 0 Å². The summed E-state index contributed by atoms with van der Waals surface area (Å²) < 4.78 is 0. The maximum Gasteiger partial charge on any atom is 0.242 e. The van der Waals surface area contributed by atoms with E-state index >= 15 is 0 Å². The van der Waals surface area contributed by atoms with E-state index in [9.17, 15) is 14.7 Å². The second-order valence-electron chi connectivity index (χ2n) is 9.72. The van der Waals surface area contributed by atoms with Crippen LogP contribution in [-0.4, -0.2) is 85.2 Å². The molecule has 188 valence electrons. The van der Waals surface area contributed by atoms with E-state index in [1.54, 1.807) is 0 Å². The van der Waals surface area contributed by atoms with Gasteiger partial charge in [-0.2, -0.15) is 0 Å². The van der Waals surface area contributed by atoms with Crippen molar-refractivity contribution in [2.75, 3.05) is 51.2 Å². The van der Waals surface area contributed by atoms with Crippen molar-refractivity contribution < 1.29 is 14.7 Å². The van der Waals surface area contributed by atoms with Crippen molar-refractivity contribution in [3.8, 4) is 0 Å². The maximum absolute atomic E-state index is 13.4. The highest BCUT2D eigenvalue weighted by Crippen LogP contribution is 2.27. The van der Waals surface area contributed by atoms with Crippen LogP contribution in [0.2, 0.25) is 5.02 Å². The number of carbonyl (C=O) groups excluding carboxylic acids is 2. The van der Waals surface area contributed by atoms with Gasteiger partial charge in [-0.05, 0) is 55.0 Å². The number of aryl methyl sites for hydroxylation is 1. The van der Waals surface area contributed by atoms with Crippen LogP contribution in [0.4, 0.5) is 5.69 Å². The number of amides is 2. The fourth-order valence-electron chi connectivity index (χ4n) is 5.04. The average Bonchev–Trinajstić information content (AvgIpc) is 3.45. The van der Waals surface area contributed by atoms with E-state index < -0.39 is 0 Å². The van der Waals surface area contributed by atoms with Crippen LogP contribution in [0, 0.1) is 6.92 Å². The molecule has 1 heterocycles. The third kappa shape index (κ3) is 6.54. The lowest BCUT2D eigenvalue weighted by Crippen LogP contribution is -2.47. The summed E-state index contributed by atoms with van der Waals surface area (Å²) in [5.74, 6) is -0.172. The zero-order valence-electron chi connectivity index (χ0n) is 20.5. The van der Waals surface area contributed by atoms with Crippen LogP contribution in [-0.2, 0) is 22.4 Å². The molecule has 0 radical (unpaired) electrons. The van der Waals surface area contributed by atoms with Gasteiger partial charge in [0.1, 0.15) is 0 Å². The van der Waals surface area contributed by atoms with Crippen LogP contribution in [0.25, 0.3) is 0 Å². The topological polar surface area (TPSA) is 76.1 Å². The lowest BCUT2D eigenvalue weighted by atomic mass is 10.1. The van der Waals surface area contributed by atoms with Gasteiger partial charge < -0.3 is 20.2 Å². The number of carbonyl (C=O) groups is 2. The van der Waals surface area contributed by atoms with Crippen molar-refractivity contribution in [2.45, 2.75) is 38.3 Å². The molecule has 35 heavy (non-hydrogen) atoms. The largest absolute Gasteiger partial charge is 0.392 e. The molecule has 0 saturated carbocycles. The Morgan fingerprint density at radius 3 is 2.51 bits per heavy atom. The fraction of sp³-hybridized carbons (Fsp3) is 0.481. The van der Waals surface area contributed by atoms with Crippen LogP contribution in [0.1, 0.15) is 23.1 Å². The second-order valence-corrected chi connectivity index (χ2v) is 10.2. The summed E-state index contributed by atoms with van der Waals surface area (Å²) in [4.78, 5) is 32.0. The molecule has 8 heteroatoms. The van der Waals surface area contributed by atoms with E-state index in [-0.39, 0.29) is 37.0 Å². The van der Waals surface area contributed by atoms with Crippen LogP contribution < -0.4 is 10.2 Å². The highest BCUT2D eigenvalue weighted by Gasteiger charge is 2.29. The molecule has 0 spiro atoms. The van der Waals surface area contributed by atoms with Gasteiger partial charge in [-0.25, -0.2) is 0 Å². The molecule has 1 fully saturated rings. The molecule has 2 aliphatic rings. The molecule has 7 nitrogen and oxygen atoms in total. The van der Waals surface area contributed by atoms with Crippen molar-refractivity contribution in [1.29, 1.82) is 0 Å². The molecule has 2 amide bonds. The summed E-state index contributed by atoms with van der Waals surface area (Å²) in [7, 11) is 1.85. The first-order chi connectivity index (χ1) is 16.8. The number of likely N-dealkylation sites (tertiary alicyclic amines) is 1. The molecule has 1 saturated heterocycles. The van der Waals surface area contributed by atoms with E-state index in [0.717, 1.165) is 37.1 Å². The SMILES string of the molecule is Cc1ccc(Cl)cc1N(CC(=O)NCCN1CCC(O)C1)CC(=O)N(C)C1Cc2ccccc2C1. The van der Waals surface area contributed by atoms with Crippen LogP contribution in [0.15, 0.2) is 42.5 Å². The van der Waals surface area contributed by atoms with Crippen LogP contribution in [0.5, 0.6) is 0 Å². The molecule has 1 aliphatic heterocycles. The molecule has 1 unspecified atom stereocenters. The number of hydrogen-bond donors (Lipinski definition) is 2. The van der Waals surface area contributed by atoms with Gasteiger partial charge in [-0.3, -0.25) is 14.5 Å². The fourth-order valence-corrected chi connectivity index (χ4v) is 5.20. The first kappa shape index (κ1) is 25.5. The number of halogens is 1. The van der Waals surface area contributed by atoms with Gasteiger partial charge in [0.15, 0.2) is 0 Å². The third-order valence-corrected chi connectivity index (χ3v) is 7.38. The molecule has 4 rings (SSSR count). The minimum Gasteiger partial charge on any atom is -0.392 e. The normalized spacial score (nSPS) is 17.9. The van der Waals surface area contributed by atoms with Gasteiger partial charge in [-0.1, -0.05) is 41.9 Å². The Morgan fingerprint density at radius 2 is 1.86 bits per heavy atom. The second kappa shape index (κ2) is 11.4. The van der Waals surface area contributed by atoms with Gasteiger partial charge in [0.2, 0.25) is 11.8 Å². The molecule has 1 atom stereocenters. The standard InChI is InChI=1S/C27H35ClN4O3/c1-19-7-8-22(28)15-25(19)32(17-26(34)29-10-12-31-11-9-24(33)16-31)18-27(35)30(2)23-13-20-5-3-4-6-21(20)14-23/h3-8,15,23-24,33H,9-14,16-18H2,1-2H3,(H,29,34). The lowest BCUT2D eigenvalue weighted by Gasteiger charge is -2.30. The Kier molecular flexibility index (Phi) is 8.31. The lowest BCUT2D eigenvalue weighted by molar-refractivity contribution is -0.130. The number of likely N-dealkylation sites (N-methyl/N-ethyl adjacent to an activating group) is 1.